The van der Waals surface area contributed by atoms with Crippen LogP contribution in [0.25, 0.3) is 0 Å². The molecule has 5 nitrogen and oxygen atoms in total. The summed E-state index contributed by atoms with van der Waals surface area (Å²) in [6, 6.07) is 15.9. The number of nitrogens with two attached hydrogens (primary N) is 1. The standard InChI is InChI=1S/C18H18BrN5/c1-2-12-5-3-4-6-15(12)24-18-16(20)17(21-11-22-18)23-14-9-7-13(19)8-10-14/h3-11H,2,20H2,1H3,(H2,21,22,23,24). The van der Waals surface area contributed by atoms with Crippen molar-refractivity contribution in [3.8, 4) is 0 Å². The number of hydrogen-bond donors (Lipinski definition) is 3. The Kier molecular flexibility index (Phi) is 4.96. The molecular formula is C18H18BrN5. The SMILES string of the molecule is CCc1ccccc1Nc1ncnc(Nc2ccc(Br)cc2)c1N. The molecule has 6 heteroatoms. The van der Waals surface area contributed by atoms with Crippen LogP contribution in [0.3, 0.4) is 0 Å². The van der Waals surface area contributed by atoms with Crippen LogP contribution in [0.5, 0.6) is 0 Å². The van der Waals surface area contributed by atoms with Crippen molar-refractivity contribution >= 4 is 44.6 Å². The quantitative estimate of drug-likeness (QED) is 0.585. The molecule has 4 N–H and O–H groups in total. The normalized spacial score (nSPS) is 10.4. The van der Waals surface area contributed by atoms with Crippen LogP contribution in [0.4, 0.5) is 28.7 Å². The van der Waals surface area contributed by atoms with Gasteiger partial charge in [-0.05, 0) is 42.3 Å². The van der Waals surface area contributed by atoms with Gasteiger partial charge in [0, 0.05) is 15.8 Å². The molecule has 1 heterocycles. The third-order valence-corrected chi connectivity index (χ3v) is 4.17. The molecule has 2 aromatic carbocycles. The molecule has 0 saturated heterocycles. The molecule has 0 atom stereocenters. The Labute approximate surface area is 149 Å². The second kappa shape index (κ2) is 7.31. The molecule has 0 fully saturated rings. The van der Waals surface area contributed by atoms with Crippen LogP contribution in [0.15, 0.2) is 59.3 Å². The predicted molar refractivity (Wildman–Crippen MR) is 103 cm³/mol. The van der Waals surface area contributed by atoms with E-state index >= 15 is 0 Å². The van der Waals surface area contributed by atoms with Crippen LogP contribution < -0.4 is 16.4 Å². The molecule has 0 amide bonds. The molecule has 0 bridgehead atoms. The topological polar surface area (TPSA) is 75.9 Å². The molecule has 3 rings (SSSR count). The molecule has 3 aromatic rings. The van der Waals surface area contributed by atoms with Gasteiger partial charge in [0.25, 0.3) is 0 Å². The number of aromatic nitrogens is 2. The molecule has 1 aromatic heterocycles. The zero-order valence-electron chi connectivity index (χ0n) is 13.3. The third kappa shape index (κ3) is 3.65. The third-order valence-electron chi connectivity index (χ3n) is 3.64. The first-order valence-corrected chi connectivity index (χ1v) is 8.44. The van der Waals surface area contributed by atoms with E-state index in [4.69, 9.17) is 5.73 Å². The summed E-state index contributed by atoms with van der Waals surface area (Å²) in [4.78, 5) is 8.51. The summed E-state index contributed by atoms with van der Waals surface area (Å²) >= 11 is 3.42. The van der Waals surface area contributed by atoms with Crippen LogP contribution in [-0.2, 0) is 6.42 Å². The number of benzene rings is 2. The first kappa shape index (κ1) is 16.3. The molecule has 0 spiro atoms. The zero-order valence-corrected chi connectivity index (χ0v) is 14.8. The van der Waals surface area contributed by atoms with Crippen LogP contribution >= 0.6 is 15.9 Å². The summed E-state index contributed by atoms with van der Waals surface area (Å²) in [7, 11) is 0. The number of halogens is 1. The Bertz CT molecular complexity index is 833. The number of hydrogen-bond acceptors (Lipinski definition) is 5. The van der Waals surface area contributed by atoms with Gasteiger partial charge in [-0.3, -0.25) is 0 Å². The van der Waals surface area contributed by atoms with Gasteiger partial charge in [-0.25, -0.2) is 9.97 Å². The highest BCUT2D eigenvalue weighted by Gasteiger charge is 2.10. The van der Waals surface area contributed by atoms with Crippen molar-refractivity contribution in [2.75, 3.05) is 16.4 Å². The summed E-state index contributed by atoms with van der Waals surface area (Å²) in [5.41, 5.74) is 9.83. The number of para-hydroxylation sites is 1. The second-order valence-corrected chi connectivity index (χ2v) is 6.17. The average Bonchev–Trinajstić information content (AvgIpc) is 2.61. The van der Waals surface area contributed by atoms with E-state index in [1.165, 1.54) is 11.9 Å². The van der Waals surface area contributed by atoms with Gasteiger partial charge in [0.2, 0.25) is 0 Å². The average molecular weight is 384 g/mol. The van der Waals surface area contributed by atoms with E-state index in [1.807, 2.05) is 42.5 Å². The fourth-order valence-electron chi connectivity index (χ4n) is 2.34. The van der Waals surface area contributed by atoms with E-state index in [2.05, 4.69) is 49.5 Å². The lowest BCUT2D eigenvalue weighted by atomic mass is 10.1. The maximum atomic E-state index is 6.24. The Morgan fingerprint density at radius 3 is 2.33 bits per heavy atom. The van der Waals surface area contributed by atoms with E-state index in [9.17, 15) is 0 Å². The van der Waals surface area contributed by atoms with Gasteiger partial charge in [-0.15, -0.1) is 0 Å². The van der Waals surface area contributed by atoms with Crippen molar-refractivity contribution in [1.82, 2.24) is 9.97 Å². The van der Waals surface area contributed by atoms with Crippen LogP contribution in [0.2, 0.25) is 0 Å². The minimum atomic E-state index is 0.478. The van der Waals surface area contributed by atoms with Crippen LogP contribution in [0, 0.1) is 0 Å². The summed E-state index contributed by atoms with van der Waals surface area (Å²) < 4.78 is 1.02. The number of nitrogens with one attached hydrogen (secondary N) is 2. The molecule has 122 valence electrons. The van der Waals surface area contributed by atoms with Gasteiger partial charge in [0.15, 0.2) is 11.6 Å². The summed E-state index contributed by atoms with van der Waals surface area (Å²) in [5, 5.41) is 6.52. The van der Waals surface area contributed by atoms with Crippen molar-refractivity contribution < 1.29 is 0 Å². The van der Waals surface area contributed by atoms with Gasteiger partial charge in [-0.1, -0.05) is 41.1 Å². The van der Waals surface area contributed by atoms with E-state index in [-0.39, 0.29) is 0 Å². The highest BCUT2D eigenvalue weighted by molar-refractivity contribution is 9.10. The molecule has 0 unspecified atom stereocenters. The highest BCUT2D eigenvalue weighted by Crippen LogP contribution is 2.29. The Morgan fingerprint density at radius 1 is 0.958 bits per heavy atom. The highest BCUT2D eigenvalue weighted by atomic mass is 79.9. The van der Waals surface area contributed by atoms with E-state index < -0.39 is 0 Å². The molecule has 24 heavy (non-hydrogen) atoms. The maximum Gasteiger partial charge on any atom is 0.159 e. The molecule has 0 saturated carbocycles. The molecule has 0 aliphatic rings. The Hall–Kier alpha value is -2.60. The molecule has 0 radical (unpaired) electrons. The number of nitrogens with zero attached hydrogens (tertiary/aromatic N) is 2. The summed E-state index contributed by atoms with van der Waals surface area (Å²) in [6.45, 7) is 2.12. The van der Waals surface area contributed by atoms with E-state index in [0.717, 1.165) is 22.3 Å². The monoisotopic (exact) mass is 383 g/mol. The number of nitrogen functional groups attached to an aromatic ring is 1. The first-order valence-electron chi connectivity index (χ1n) is 7.65. The number of anilines is 5. The van der Waals surface area contributed by atoms with Gasteiger partial charge < -0.3 is 16.4 Å². The van der Waals surface area contributed by atoms with Crippen molar-refractivity contribution in [3.63, 3.8) is 0 Å². The second-order valence-electron chi connectivity index (χ2n) is 5.25. The zero-order chi connectivity index (χ0) is 16.9. The summed E-state index contributed by atoms with van der Waals surface area (Å²) in [5.74, 6) is 1.16. The van der Waals surface area contributed by atoms with Crippen molar-refractivity contribution in [2.45, 2.75) is 13.3 Å². The van der Waals surface area contributed by atoms with Gasteiger partial charge in [-0.2, -0.15) is 0 Å². The first-order chi connectivity index (χ1) is 11.7. The Balaban J connectivity index is 1.86. The fraction of sp³-hybridized carbons (Fsp3) is 0.111. The van der Waals surface area contributed by atoms with Crippen molar-refractivity contribution in [3.05, 3.63) is 64.9 Å². The van der Waals surface area contributed by atoms with Gasteiger partial charge in [0.05, 0.1) is 0 Å². The van der Waals surface area contributed by atoms with Gasteiger partial charge in [0.1, 0.15) is 12.0 Å². The lowest BCUT2D eigenvalue weighted by molar-refractivity contribution is 1.13. The molecule has 0 aliphatic heterocycles. The minimum Gasteiger partial charge on any atom is -0.393 e. The Morgan fingerprint density at radius 2 is 1.62 bits per heavy atom. The smallest absolute Gasteiger partial charge is 0.159 e. The lowest BCUT2D eigenvalue weighted by Gasteiger charge is -2.14. The molecular weight excluding hydrogens is 366 g/mol. The largest absolute Gasteiger partial charge is 0.393 e. The van der Waals surface area contributed by atoms with Crippen molar-refractivity contribution in [2.24, 2.45) is 0 Å². The lowest BCUT2D eigenvalue weighted by Crippen LogP contribution is -2.06. The summed E-state index contributed by atoms with van der Waals surface area (Å²) in [6.07, 6.45) is 2.42. The molecule has 0 aliphatic carbocycles. The van der Waals surface area contributed by atoms with Crippen molar-refractivity contribution in [1.29, 1.82) is 0 Å². The minimum absolute atomic E-state index is 0.478. The van der Waals surface area contributed by atoms with E-state index in [1.54, 1.807) is 0 Å². The van der Waals surface area contributed by atoms with E-state index in [0.29, 0.717) is 17.3 Å². The van der Waals surface area contributed by atoms with Crippen LogP contribution in [0.1, 0.15) is 12.5 Å². The predicted octanol–water partition coefficient (Wildman–Crippen LogP) is 4.87. The van der Waals surface area contributed by atoms with Gasteiger partial charge >= 0.3 is 0 Å². The van der Waals surface area contributed by atoms with Crippen LogP contribution in [-0.4, -0.2) is 9.97 Å². The number of aryl methyl sites for hydroxylation is 1. The number of rotatable bonds is 5. The maximum absolute atomic E-state index is 6.24. The fourth-order valence-corrected chi connectivity index (χ4v) is 2.61.